The van der Waals surface area contributed by atoms with Crippen molar-refractivity contribution in [2.24, 2.45) is 0 Å². The van der Waals surface area contributed by atoms with E-state index in [1.165, 1.54) is 6.33 Å². The van der Waals surface area contributed by atoms with Gasteiger partial charge in [-0.1, -0.05) is 12.1 Å². The van der Waals surface area contributed by atoms with Gasteiger partial charge in [0.2, 0.25) is 5.71 Å². The summed E-state index contributed by atoms with van der Waals surface area (Å²) in [5.74, 6) is 1.70. The molecule has 0 aliphatic heterocycles. The summed E-state index contributed by atoms with van der Waals surface area (Å²) < 4.78 is 11.0. The number of carbonyl (C=O) groups excluding carboxylic acids is 1. The number of nitrogens with one attached hydrogen (secondary N) is 2. The van der Waals surface area contributed by atoms with Gasteiger partial charge in [0.05, 0.1) is 24.1 Å². The van der Waals surface area contributed by atoms with Crippen LogP contribution < -0.4 is 15.4 Å². The van der Waals surface area contributed by atoms with Crippen LogP contribution in [0.1, 0.15) is 54.4 Å². The highest BCUT2D eigenvalue weighted by atomic mass is 16.5. The van der Waals surface area contributed by atoms with Gasteiger partial charge in [0.1, 0.15) is 23.7 Å². The van der Waals surface area contributed by atoms with Gasteiger partial charge < -0.3 is 19.8 Å². The van der Waals surface area contributed by atoms with Gasteiger partial charge in [0.15, 0.2) is 0 Å². The summed E-state index contributed by atoms with van der Waals surface area (Å²) in [6, 6.07) is 7.45. The van der Waals surface area contributed by atoms with E-state index < -0.39 is 0 Å². The molecule has 1 atom stereocenters. The molecule has 1 fully saturated rings. The van der Waals surface area contributed by atoms with E-state index in [2.05, 4.69) is 27.5 Å². The number of benzene rings is 1. The molecule has 0 radical (unpaired) electrons. The fraction of sp³-hybridized carbons (Fsp3) is 0.381. The van der Waals surface area contributed by atoms with Crippen LogP contribution in [-0.2, 0) is 0 Å². The van der Waals surface area contributed by atoms with Crippen LogP contribution in [0.15, 0.2) is 35.0 Å². The van der Waals surface area contributed by atoms with Crippen LogP contribution in [0, 0.1) is 6.92 Å². The number of aryl methyl sites for hydroxylation is 1. The summed E-state index contributed by atoms with van der Waals surface area (Å²) in [6.07, 6.45) is 3.60. The molecule has 1 aliphatic rings. The Hall–Kier alpha value is -3.09. The monoisotopic (exact) mass is 380 g/mol. The van der Waals surface area contributed by atoms with Gasteiger partial charge in [-0.25, -0.2) is 9.97 Å². The zero-order valence-electron chi connectivity index (χ0n) is 16.5. The van der Waals surface area contributed by atoms with Crippen LogP contribution >= 0.6 is 0 Å². The van der Waals surface area contributed by atoms with Gasteiger partial charge in [-0.3, -0.25) is 4.79 Å². The highest BCUT2D eigenvalue weighted by Gasteiger charge is 2.38. The molecule has 4 rings (SSSR count). The summed E-state index contributed by atoms with van der Waals surface area (Å²) in [5, 5.41) is 7.12. The zero-order chi connectivity index (χ0) is 19.9. The maximum Gasteiger partial charge on any atom is 0.256 e. The lowest BCUT2D eigenvalue weighted by atomic mass is 10.1. The predicted octanol–water partition coefficient (Wildman–Crippen LogP) is 4.00. The van der Waals surface area contributed by atoms with E-state index in [-0.39, 0.29) is 17.5 Å². The van der Waals surface area contributed by atoms with E-state index >= 15 is 0 Å². The summed E-state index contributed by atoms with van der Waals surface area (Å²) in [4.78, 5) is 21.7. The second-order valence-corrected chi connectivity index (χ2v) is 7.59. The number of methoxy groups -OCH3 is 1. The van der Waals surface area contributed by atoms with Gasteiger partial charge in [-0.15, -0.1) is 0 Å². The normalized spacial score (nSPS) is 15.9. The molecule has 1 aliphatic carbocycles. The summed E-state index contributed by atoms with van der Waals surface area (Å²) >= 11 is 0. The van der Waals surface area contributed by atoms with Gasteiger partial charge in [0.25, 0.3) is 5.91 Å². The first-order valence-corrected chi connectivity index (χ1v) is 9.37. The quantitative estimate of drug-likeness (QED) is 0.672. The molecule has 2 aromatic heterocycles. The minimum Gasteiger partial charge on any atom is -0.497 e. The smallest absolute Gasteiger partial charge is 0.256 e. The van der Waals surface area contributed by atoms with E-state index in [0.717, 1.165) is 24.2 Å². The summed E-state index contributed by atoms with van der Waals surface area (Å²) in [6.45, 7) is 5.85. The van der Waals surface area contributed by atoms with Crippen molar-refractivity contribution in [2.45, 2.75) is 45.2 Å². The fourth-order valence-electron chi connectivity index (χ4n) is 3.27. The molecule has 0 saturated heterocycles. The molecule has 7 nitrogen and oxygen atoms in total. The number of hydrogen-bond donors (Lipinski definition) is 2. The Morgan fingerprint density at radius 2 is 2.11 bits per heavy atom. The van der Waals surface area contributed by atoms with Crippen molar-refractivity contribution >= 4 is 22.8 Å². The van der Waals surface area contributed by atoms with Gasteiger partial charge in [0, 0.05) is 5.54 Å². The number of fused-ring (bicyclic) bond motifs is 1. The molecular weight excluding hydrogens is 356 g/mol. The largest absolute Gasteiger partial charge is 0.497 e. The van der Waals surface area contributed by atoms with Crippen LogP contribution in [0.5, 0.6) is 5.75 Å². The predicted molar refractivity (Wildman–Crippen MR) is 107 cm³/mol. The number of amides is 1. The second-order valence-electron chi connectivity index (χ2n) is 7.59. The number of furan rings is 1. The number of ether oxygens (including phenoxy) is 1. The molecule has 1 amide bonds. The Kier molecular flexibility index (Phi) is 4.45. The number of carbonyl (C=O) groups is 1. The molecule has 1 saturated carbocycles. The van der Waals surface area contributed by atoms with Gasteiger partial charge >= 0.3 is 0 Å². The molecule has 7 heteroatoms. The van der Waals surface area contributed by atoms with E-state index in [1.54, 1.807) is 14.0 Å². The van der Waals surface area contributed by atoms with Crippen molar-refractivity contribution in [1.29, 1.82) is 0 Å². The van der Waals surface area contributed by atoms with Crippen molar-refractivity contribution in [1.82, 2.24) is 15.3 Å². The Bertz CT molecular complexity index is 1040. The Balaban J connectivity index is 1.66. The number of anilines is 1. The minimum absolute atomic E-state index is 0.0219. The fourth-order valence-corrected chi connectivity index (χ4v) is 3.27. The molecule has 1 unspecified atom stereocenters. The van der Waals surface area contributed by atoms with Crippen LogP contribution in [0.2, 0.25) is 0 Å². The molecule has 0 bridgehead atoms. The third-order valence-corrected chi connectivity index (χ3v) is 5.25. The van der Waals surface area contributed by atoms with Crippen molar-refractivity contribution in [3.8, 4) is 5.75 Å². The first-order valence-electron chi connectivity index (χ1n) is 9.37. The number of hydrogen-bond acceptors (Lipinski definition) is 6. The van der Waals surface area contributed by atoms with Crippen LogP contribution in [0.3, 0.4) is 0 Å². The first-order chi connectivity index (χ1) is 13.4. The van der Waals surface area contributed by atoms with Crippen LogP contribution in [-0.4, -0.2) is 28.5 Å². The van der Waals surface area contributed by atoms with E-state index in [1.807, 2.05) is 31.2 Å². The number of nitrogens with zero attached hydrogens (tertiary/aromatic N) is 2. The number of aromatic nitrogens is 2. The molecule has 0 spiro atoms. The Morgan fingerprint density at radius 3 is 2.82 bits per heavy atom. The van der Waals surface area contributed by atoms with Gasteiger partial charge in [-0.05, 0) is 51.3 Å². The summed E-state index contributed by atoms with van der Waals surface area (Å²) in [5.41, 5.74) is 1.86. The average Bonchev–Trinajstić information content (AvgIpc) is 3.29. The van der Waals surface area contributed by atoms with E-state index in [4.69, 9.17) is 9.15 Å². The first kappa shape index (κ1) is 18.3. The SMILES string of the molecule is COc1cccc(C(C)NC(=O)c2c(C)oc3ncnc(NC4(C)CC4)c23)c1. The van der Waals surface area contributed by atoms with Crippen molar-refractivity contribution in [3.63, 3.8) is 0 Å². The molecule has 2 N–H and O–H groups in total. The molecule has 28 heavy (non-hydrogen) atoms. The van der Waals surface area contributed by atoms with Crippen LogP contribution in [0.4, 0.5) is 5.82 Å². The van der Waals surface area contributed by atoms with Crippen molar-refractivity contribution in [3.05, 3.63) is 47.5 Å². The molecular formula is C21H24N4O3. The third-order valence-electron chi connectivity index (χ3n) is 5.25. The summed E-state index contributed by atoms with van der Waals surface area (Å²) in [7, 11) is 1.62. The highest BCUT2D eigenvalue weighted by molar-refractivity contribution is 6.10. The third kappa shape index (κ3) is 3.40. The molecule has 3 aromatic rings. The van der Waals surface area contributed by atoms with E-state index in [0.29, 0.717) is 28.2 Å². The standard InChI is InChI=1S/C21H24N4O3/c1-12(14-6-5-7-15(10-14)27-4)24-19(26)16-13(2)28-20-17(16)18(22-11-23-20)25-21(3)8-9-21/h5-7,10-12H,8-9H2,1-4H3,(H,24,26)(H,22,23,25). The second kappa shape index (κ2) is 6.82. The molecule has 1 aromatic carbocycles. The maximum absolute atomic E-state index is 13.1. The van der Waals surface area contributed by atoms with Gasteiger partial charge in [-0.2, -0.15) is 0 Å². The molecule has 146 valence electrons. The Morgan fingerprint density at radius 1 is 1.32 bits per heavy atom. The lowest BCUT2D eigenvalue weighted by Crippen LogP contribution is -2.27. The van der Waals surface area contributed by atoms with E-state index in [9.17, 15) is 4.79 Å². The van der Waals surface area contributed by atoms with Crippen LogP contribution in [0.25, 0.3) is 11.1 Å². The lowest BCUT2D eigenvalue weighted by molar-refractivity contribution is 0.0939. The zero-order valence-corrected chi connectivity index (χ0v) is 16.5. The Labute approximate surface area is 163 Å². The number of rotatable bonds is 6. The highest BCUT2D eigenvalue weighted by Crippen LogP contribution is 2.40. The average molecular weight is 380 g/mol. The lowest BCUT2D eigenvalue weighted by Gasteiger charge is -2.16. The van der Waals surface area contributed by atoms with Crippen molar-refractivity contribution < 1.29 is 13.9 Å². The minimum atomic E-state index is -0.217. The topological polar surface area (TPSA) is 89.3 Å². The molecule has 2 heterocycles. The maximum atomic E-state index is 13.1. The van der Waals surface area contributed by atoms with Crippen molar-refractivity contribution in [2.75, 3.05) is 12.4 Å².